The van der Waals surface area contributed by atoms with Gasteiger partial charge in [0.2, 0.25) is 0 Å². The van der Waals surface area contributed by atoms with Crippen LogP contribution in [-0.2, 0) is 0 Å². The van der Waals surface area contributed by atoms with E-state index in [0.29, 0.717) is 5.41 Å². The molecule has 0 aliphatic rings. The molecule has 0 fully saturated rings. The van der Waals surface area contributed by atoms with Gasteiger partial charge in [-0.1, -0.05) is 92.8 Å². The predicted octanol–water partition coefficient (Wildman–Crippen LogP) is 6.78. The Morgan fingerprint density at radius 3 is 1.62 bits per heavy atom. The Morgan fingerprint density at radius 1 is 0.952 bits per heavy atom. The summed E-state index contributed by atoms with van der Waals surface area (Å²) in [5.41, 5.74) is 3.25. The van der Waals surface area contributed by atoms with Crippen LogP contribution in [0.1, 0.15) is 73.1 Å². The number of hydrogen-bond acceptors (Lipinski definition) is 0. The molecule has 0 aromatic rings. The van der Waals surface area contributed by atoms with Crippen LogP contribution in [0, 0.1) is 36.1 Å². The molecule has 0 amide bonds. The molecule has 0 nitrogen and oxygen atoms in total. The second-order valence-corrected chi connectivity index (χ2v) is 12.7. The first-order chi connectivity index (χ1) is 9.54. The van der Waals surface area contributed by atoms with Crippen molar-refractivity contribution >= 4 is 8.07 Å². The first-order valence-corrected chi connectivity index (χ1v) is 11.9. The van der Waals surface area contributed by atoms with Crippen LogP contribution in [0.15, 0.2) is 0 Å². The van der Waals surface area contributed by atoms with Gasteiger partial charge in [-0.05, 0) is 11.3 Å². The summed E-state index contributed by atoms with van der Waals surface area (Å²) in [6, 6.07) is 0. The normalized spacial score (nSPS) is 12.0. The van der Waals surface area contributed by atoms with E-state index >= 15 is 0 Å². The van der Waals surface area contributed by atoms with Gasteiger partial charge in [-0.3, -0.25) is 0 Å². The van der Waals surface area contributed by atoms with Gasteiger partial charge >= 0.3 is 0 Å². The van der Waals surface area contributed by atoms with Crippen LogP contribution in [0.5, 0.6) is 0 Å². The lowest BCUT2D eigenvalue weighted by molar-refractivity contribution is 0.240. The van der Waals surface area contributed by atoms with Gasteiger partial charge in [0.05, 0.1) is 0 Å². The van der Waals surface area contributed by atoms with Gasteiger partial charge in [-0.15, -0.1) is 24.8 Å². The first-order valence-electron chi connectivity index (χ1n) is 8.35. The van der Waals surface area contributed by atoms with E-state index in [1.54, 1.807) is 0 Å². The lowest BCUT2D eigenvalue weighted by Crippen LogP contribution is -2.16. The predicted molar refractivity (Wildman–Crippen MR) is 104 cm³/mol. The van der Waals surface area contributed by atoms with E-state index in [1.807, 2.05) is 0 Å². The summed E-state index contributed by atoms with van der Waals surface area (Å²) in [5.74, 6) is 0.870. The average Bonchev–Trinajstić information content (AvgIpc) is 2.39. The molecule has 0 aliphatic heterocycles. The fraction of sp³-hybridized carbons (Fsp3) is 0.800. The second-order valence-electron chi connectivity index (χ2n) is 7.86. The van der Waals surface area contributed by atoms with Gasteiger partial charge in [0, 0.05) is 0 Å². The maximum absolute atomic E-state index is 5.12. The minimum Gasteiger partial charge on any atom is -0.135 e. The molecule has 21 heavy (non-hydrogen) atoms. The van der Waals surface area contributed by atoms with Crippen molar-refractivity contribution in [2.24, 2.45) is 11.3 Å². The van der Waals surface area contributed by atoms with E-state index in [4.69, 9.17) is 6.42 Å². The molecule has 124 valence electrons. The van der Waals surface area contributed by atoms with Gasteiger partial charge in [0.25, 0.3) is 0 Å². The van der Waals surface area contributed by atoms with E-state index in [-0.39, 0.29) is 0 Å². The highest BCUT2D eigenvalue weighted by Crippen LogP contribution is 2.29. The number of hydrogen-bond donors (Lipinski definition) is 0. The topological polar surface area (TPSA) is 0 Å². The summed E-state index contributed by atoms with van der Waals surface area (Å²) in [6.45, 7) is 18.2. The Morgan fingerprint density at radius 2 is 1.33 bits per heavy atom. The Kier molecular flexibility index (Phi) is 17.2. The lowest BCUT2D eigenvalue weighted by atomic mass is 9.79. The smallest absolute Gasteiger partial charge is 0.128 e. The summed E-state index contributed by atoms with van der Waals surface area (Å²) < 4.78 is 0. The van der Waals surface area contributed by atoms with E-state index in [0.717, 1.165) is 5.92 Å². The first kappa shape index (κ1) is 25.3. The zero-order chi connectivity index (χ0) is 17.5. The molecule has 0 aliphatic carbocycles. The fourth-order valence-electron chi connectivity index (χ4n) is 1.49. The van der Waals surface area contributed by atoms with Crippen molar-refractivity contribution in [3.63, 3.8) is 0 Å². The monoisotopic (exact) mass is 308 g/mol. The Labute approximate surface area is 137 Å². The van der Waals surface area contributed by atoms with E-state index < -0.39 is 8.07 Å². The molecule has 1 unspecified atom stereocenters. The van der Waals surface area contributed by atoms with Crippen molar-refractivity contribution in [1.82, 2.24) is 0 Å². The van der Waals surface area contributed by atoms with Gasteiger partial charge in [0.15, 0.2) is 0 Å². The summed E-state index contributed by atoms with van der Waals surface area (Å²) in [4.78, 5) is 0. The minimum absolute atomic E-state index is 0.505. The molecular formula is C20H40Si. The quantitative estimate of drug-likeness (QED) is 0.288. The molecule has 0 rings (SSSR count). The van der Waals surface area contributed by atoms with Crippen LogP contribution < -0.4 is 0 Å². The third kappa shape index (κ3) is 24.7. The van der Waals surface area contributed by atoms with Crippen molar-refractivity contribution in [2.75, 3.05) is 0 Å². The minimum atomic E-state index is -1.10. The molecular weight excluding hydrogens is 268 g/mol. The van der Waals surface area contributed by atoms with E-state index in [2.05, 4.69) is 72.7 Å². The zero-order valence-electron chi connectivity index (χ0n) is 16.1. The van der Waals surface area contributed by atoms with Crippen LogP contribution in [0.25, 0.3) is 0 Å². The van der Waals surface area contributed by atoms with Crippen molar-refractivity contribution in [3.05, 3.63) is 0 Å². The molecule has 0 radical (unpaired) electrons. The van der Waals surface area contributed by atoms with E-state index in [1.165, 1.54) is 38.5 Å². The van der Waals surface area contributed by atoms with Crippen molar-refractivity contribution in [1.29, 1.82) is 0 Å². The largest absolute Gasteiger partial charge is 0.135 e. The van der Waals surface area contributed by atoms with Gasteiger partial charge in [-0.2, -0.15) is 0 Å². The third-order valence-electron chi connectivity index (χ3n) is 3.65. The second kappa shape index (κ2) is 14.3. The average molecular weight is 309 g/mol. The number of terminal acetylenes is 2. The lowest BCUT2D eigenvalue weighted by Gasteiger charge is -2.27. The highest BCUT2D eigenvalue weighted by Gasteiger charge is 2.18. The van der Waals surface area contributed by atoms with Crippen LogP contribution in [-0.4, -0.2) is 8.07 Å². The van der Waals surface area contributed by atoms with Crippen molar-refractivity contribution in [3.8, 4) is 24.8 Å². The highest BCUT2D eigenvalue weighted by molar-refractivity contribution is 6.83. The molecule has 0 saturated heterocycles. The Hall–Kier alpha value is -0.663. The van der Waals surface area contributed by atoms with Crippen LogP contribution >= 0.6 is 0 Å². The van der Waals surface area contributed by atoms with Crippen LogP contribution in [0.3, 0.4) is 0 Å². The zero-order valence-corrected chi connectivity index (χ0v) is 17.1. The van der Waals surface area contributed by atoms with Crippen molar-refractivity contribution < 1.29 is 0 Å². The summed E-state index contributed by atoms with van der Waals surface area (Å²) >= 11 is 0. The molecule has 1 atom stereocenters. The van der Waals surface area contributed by atoms with Gasteiger partial charge < -0.3 is 0 Å². The third-order valence-corrected chi connectivity index (χ3v) is 4.52. The molecule has 1 heteroatoms. The Bertz CT molecular complexity index is 267. The fourth-order valence-corrected chi connectivity index (χ4v) is 1.49. The molecule has 0 heterocycles. The van der Waals surface area contributed by atoms with Gasteiger partial charge in [0.1, 0.15) is 8.07 Å². The molecule has 0 spiro atoms. The molecule has 0 saturated carbocycles. The summed E-state index contributed by atoms with van der Waals surface area (Å²) in [5, 5.41) is 0. The summed E-state index contributed by atoms with van der Waals surface area (Å²) in [7, 11) is -1.10. The molecule has 0 bridgehead atoms. The summed E-state index contributed by atoms with van der Waals surface area (Å²) in [6.07, 6.45) is 21.6. The SMILES string of the molecule is C#C.C#C[Si](C)(C)C.CCCCCCCC(C)C(C)(C)C. The molecule has 0 aromatic heterocycles. The van der Waals surface area contributed by atoms with Gasteiger partial charge in [-0.25, -0.2) is 0 Å². The Balaban J connectivity index is -0.000000339. The van der Waals surface area contributed by atoms with Crippen LogP contribution in [0.4, 0.5) is 0 Å². The molecule has 0 N–H and O–H groups in total. The van der Waals surface area contributed by atoms with Crippen LogP contribution in [0.2, 0.25) is 19.6 Å². The molecule has 0 aromatic carbocycles. The van der Waals surface area contributed by atoms with Crippen molar-refractivity contribution in [2.45, 2.75) is 92.8 Å². The van der Waals surface area contributed by atoms with E-state index in [9.17, 15) is 0 Å². The maximum atomic E-state index is 5.12. The number of unbranched alkanes of at least 4 members (excludes halogenated alkanes) is 4. The number of rotatable bonds is 6. The highest BCUT2D eigenvalue weighted by atomic mass is 28.3. The maximum Gasteiger partial charge on any atom is 0.128 e. The standard InChI is InChI=1S/C13H28.C5H10Si.C2H2/c1-6-7-8-9-10-11-12(2)13(3,4)5;1-5-6(2,3)4;1-2/h12H,6-11H2,1-5H3;1H,2-4H3;1-2H.